The minimum absolute atomic E-state index is 0. The van der Waals surface area contributed by atoms with Gasteiger partial charge in [0.2, 0.25) is 0 Å². The third kappa shape index (κ3) is 25.0. The van der Waals surface area contributed by atoms with Crippen LogP contribution < -0.4 is 0 Å². The monoisotopic (exact) mass is 220 g/mol. The molecule has 0 unspecified atom stereocenters. The van der Waals surface area contributed by atoms with Gasteiger partial charge in [0.15, 0.2) is 0 Å². The maximum absolute atomic E-state index is 7.23. The summed E-state index contributed by atoms with van der Waals surface area (Å²) >= 11 is 0. The molecule has 3 nitrogen and oxygen atoms in total. The molecular weight excluding hydrogens is 216 g/mol. The van der Waals surface area contributed by atoms with Crippen molar-refractivity contribution in [2.24, 2.45) is 0 Å². The minimum atomic E-state index is -2.62. The maximum Gasteiger partial charge on any atom is 0.324 e. The van der Waals surface area contributed by atoms with Crippen molar-refractivity contribution in [2.45, 2.75) is 0 Å². The topological polar surface area (TPSA) is 60.7 Å². The third-order valence-corrected chi connectivity index (χ3v) is 0. The van der Waals surface area contributed by atoms with Crippen LogP contribution in [0.25, 0.3) is 0 Å². The largest absolute Gasteiger partial charge is 0.328 e. The SMILES string of the molecule is OP(O)O.[Ba]. The first-order chi connectivity index (χ1) is 1.73. The molecule has 0 fully saturated rings. The van der Waals surface area contributed by atoms with E-state index in [2.05, 4.69) is 0 Å². The van der Waals surface area contributed by atoms with Crippen LogP contribution in [0.2, 0.25) is 0 Å². The smallest absolute Gasteiger partial charge is 0.324 e. The van der Waals surface area contributed by atoms with Crippen molar-refractivity contribution in [2.75, 3.05) is 0 Å². The molecule has 0 amide bonds. The number of hydrogen-bond donors (Lipinski definition) is 3. The van der Waals surface area contributed by atoms with Crippen molar-refractivity contribution in [1.29, 1.82) is 0 Å². The Morgan fingerprint density at radius 3 is 1.00 bits per heavy atom. The van der Waals surface area contributed by atoms with Crippen molar-refractivity contribution < 1.29 is 14.7 Å². The Morgan fingerprint density at radius 1 is 1.00 bits per heavy atom. The van der Waals surface area contributed by atoms with Crippen LogP contribution in [0.5, 0.6) is 0 Å². The van der Waals surface area contributed by atoms with Crippen LogP contribution in [0.15, 0.2) is 0 Å². The van der Waals surface area contributed by atoms with Crippen molar-refractivity contribution >= 4 is 57.5 Å². The quantitative estimate of drug-likeness (QED) is 0.355. The van der Waals surface area contributed by atoms with Gasteiger partial charge in [-0.05, 0) is 0 Å². The Hall–Kier alpha value is 1.88. The van der Waals surface area contributed by atoms with E-state index < -0.39 is 8.60 Å². The van der Waals surface area contributed by atoms with E-state index in [0.717, 1.165) is 0 Å². The predicted octanol–water partition coefficient (Wildman–Crippen LogP) is -1.19. The molecule has 28 valence electrons. The maximum atomic E-state index is 7.23. The molecule has 5 heavy (non-hydrogen) atoms. The van der Waals surface area contributed by atoms with Gasteiger partial charge in [-0.1, -0.05) is 0 Å². The van der Waals surface area contributed by atoms with Crippen LogP contribution in [0.1, 0.15) is 0 Å². The fraction of sp³-hybridized carbons (Fsp3) is 0. The summed E-state index contributed by atoms with van der Waals surface area (Å²) in [4.78, 5) is 21.7. The first-order valence-corrected chi connectivity index (χ1v) is 1.80. The number of hydrogen-bond acceptors (Lipinski definition) is 3. The van der Waals surface area contributed by atoms with Gasteiger partial charge in [0, 0.05) is 48.9 Å². The first kappa shape index (κ1) is 9.99. The van der Waals surface area contributed by atoms with Gasteiger partial charge in [0.05, 0.1) is 0 Å². The first-order valence-electron chi connectivity index (χ1n) is 0.600. The molecule has 3 N–H and O–H groups in total. The van der Waals surface area contributed by atoms with Crippen LogP contribution >= 0.6 is 8.60 Å². The summed E-state index contributed by atoms with van der Waals surface area (Å²) in [6.45, 7) is 0. The Kier molecular flexibility index (Phi) is 11.8. The van der Waals surface area contributed by atoms with E-state index in [1.807, 2.05) is 0 Å². The molecule has 0 aromatic carbocycles. The van der Waals surface area contributed by atoms with Crippen molar-refractivity contribution in [1.82, 2.24) is 0 Å². The molecule has 0 spiro atoms. The third-order valence-electron chi connectivity index (χ3n) is 0. The molecule has 0 saturated heterocycles. The second-order valence-electron chi connectivity index (χ2n) is 0.268. The van der Waals surface area contributed by atoms with Crippen molar-refractivity contribution in [3.8, 4) is 0 Å². The van der Waals surface area contributed by atoms with Gasteiger partial charge in [-0.25, -0.2) is 0 Å². The summed E-state index contributed by atoms with van der Waals surface area (Å²) in [5.41, 5.74) is 0. The molecule has 2 radical (unpaired) electrons. The summed E-state index contributed by atoms with van der Waals surface area (Å²) in [6, 6.07) is 0. The molecule has 0 aromatic rings. The average molecular weight is 219 g/mol. The normalized spacial score (nSPS) is 7.20. The molecule has 0 bridgehead atoms. The predicted molar refractivity (Wildman–Crippen MR) is 19.3 cm³/mol. The summed E-state index contributed by atoms with van der Waals surface area (Å²) < 4.78 is 0. The summed E-state index contributed by atoms with van der Waals surface area (Å²) in [6.07, 6.45) is 0. The summed E-state index contributed by atoms with van der Waals surface area (Å²) in [7, 11) is -2.62. The molecule has 0 saturated carbocycles. The second kappa shape index (κ2) is 5.88. The van der Waals surface area contributed by atoms with Crippen LogP contribution in [0, 0.1) is 0 Å². The van der Waals surface area contributed by atoms with Gasteiger partial charge in [0.25, 0.3) is 0 Å². The number of rotatable bonds is 0. The molecule has 0 aromatic heterocycles. The molecule has 0 aliphatic rings. The van der Waals surface area contributed by atoms with Gasteiger partial charge < -0.3 is 14.7 Å². The zero-order chi connectivity index (χ0) is 3.58. The van der Waals surface area contributed by atoms with Crippen LogP contribution in [0.4, 0.5) is 0 Å². The molecule has 0 aliphatic carbocycles. The van der Waals surface area contributed by atoms with E-state index in [4.69, 9.17) is 14.7 Å². The molecule has 0 aliphatic heterocycles. The Balaban J connectivity index is 0. The zero-order valence-electron chi connectivity index (χ0n) is 2.50. The summed E-state index contributed by atoms with van der Waals surface area (Å²) in [5.74, 6) is 0. The summed E-state index contributed by atoms with van der Waals surface area (Å²) in [5, 5.41) is 0. The fourth-order valence-corrected chi connectivity index (χ4v) is 0. The van der Waals surface area contributed by atoms with Gasteiger partial charge in [0.1, 0.15) is 0 Å². The van der Waals surface area contributed by atoms with Gasteiger partial charge >= 0.3 is 8.60 Å². The Morgan fingerprint density at radius 2 is 1.00 bits per heavy atom. The van der Waals surface area contributed by atoms with E-state index in [1.54, 1.807) is 0 Å². The molecule has 0 heterocycles. The minimum Gasteiger partial charge on any atom is -0.328 e. The van der Waals surface area contributed by atoms with E-state index in [9.17, 15) is 0 Å². The van der Waals surface area contributed by atoms with Crippen molar-refractivity contribution in [3.05, 3.63) is 0 Å². The fourth-order valence-electron chi connectivity index (χ4n) is 0. The van der Waals surface area contributed by atoms with Crippen LogP contribution in [-0.4, -0.2) is 63.6 Å². The van der Waals surface area contributed by atoms with E-state index >= 15 is 0 Å². The molecule has 0 atom stereocenters. The Labute approximate surface area is 71.1 Å². The van der Waals surface area contributed by atoms with E-state index in [0.29, 0.717) is 0 Å². The van der Waals surface area contributed by atoms with Gasteiger partial charge in [-0.3, -0.25) is 0 Å². The molecular formula is H3BaO3P. The van der Waals surface area contributed by atoms with E-state index in [1.165, 1.54) is 0 Å². The van der Waals surface area contributed by atoms with Gasteiger partial charge in [-0.15, -0.1) is 0 Å². The van der Waals surface area contributed by atoms with E-state index in [-0.39, 0.29) is 48.9 Å². The van der Waals surface area contributed by atoms with Crippen LogP contribution in [0.3, 0.4) is 0 Å². The average Bonchev–Trinajstić information content (AvgIpc) is 0.811. The molecule has 5 heteroatoms. The van der Waals surface area contributed by atoms with Crippen molar-refractivity contribution in [3.63, 3.8) is 0 Å². The second-order valence-corrected chi connectivity index (χ2v) is 0.805. The standard InChI is InChI=1S/Ba.H3O3P/c;1-4(2)3/h;1-3H. The van der Waals surface area contributed by atoms with Gasteiger partial charge in [-0.2, -0.15) is 0 Å². The zero-order valence-corrected chi connectivity index (χ0v) is 7.83. The Bertz CT molecular complexity index is 11.6. The van der Waals surface area contributed by atoms with Crippen LogP contribution in [-0.2, 0) is 0 Å². The molecule has 0 rings (SSSR count).